The Morgan fingerprint density at radius 3 is 2.71 bits per heavy atom. The van der Waals surface area contributed by atoms with Crippen LogP contribution in [0.15, 0.2) is 12.4 Å². The van der Waals surface area contributed by atoms with Crippen molar-refractivity contribution in [3.8, 4) is 0 Å². The third-order valence-corrected chi connectivity index (χ3v) is 3.52. The lowest BCUT2D eigenvalue weighted by Gasteiger charge is -2.21. The van der Waals surface area contributed by atoms with Gasteiger partial charge in [-0.2, -0.15) is 0 Å². The molecule has 1 aliphatic carbocycles. The number of rotatable bonds is 5. The smallest absolute Gasteiger partial charge is 0.147 e. The summed E-state index contributed by atoms with van der Waals surface area (Å²) < 4.78 is 0. The van der Waals surface area contributed by atoms with Crippen LogP contribution in [0.2, 0.25) is 0 Å². The maximum absolute atomic E-state index is 4.50. The molecule has 0 spiro atoms. The molecule has 0 saturated heterocycles. The highest BCUT2D eigenvalue weighted by Crippen LogP contribution is 2.27. The van der Waals surface area contributed by atoms with E-state index < -0.39 is 0 Å². The quantitative estimate of drug-likeness (QED) is 0.846. The molecule has 17 heavy (non-hydrogen) atoms. The maximum Gasteiger partial charge on any atom is 0.147 e. The maximum atomic E-state index is 4.50. The standard InChI is InChI=1S/C14H23N3/c1-2-8-16-14-13(15-9-10-17-14)11-12-6-4-3-5-7-12/h9-10,12H,2-8,11H2,1H3,(H,16,17). The predicted molar refractivity (Wildman–Crippen MR) is 71.1 cm³/mol. The highest BCUT2D eigenvalue weighted by atomic mass is 15.0. The number of aromatic nitrogens is 2. The summed E-state index contributed by atoms with van der Waals surface area (Å²) in [6.07, 6.45) is 12.7. The van der Waals surface area contributed by atoms with Gasteiger partial charge in [0.05, 0.1) is 5.69 Å². The van der Waals surface area contributed by atoms with Crippen molar-refractivity contribution < 1.29 is 0 Å². The molecule has 1 N–H and O–H groups in total. The Kier molecular flexibility index (Phi) is 4.77. The molecular weight excluding hydrogens is 210 g/mol. The first-order valence-corrected chi connectivity index (χ1v) is 6.94. The van der Waals surface area contributed by atoms with Crippen LogP contribution in [0.1, 0.15) is 51.1 Å². The predicted octanol–water partition coefficient (Wildman–Crippen LogP) is 3.42. The van der Waals surface area contributed by atoms with Crippen LogP contribution in [0.5, 0.6) is 0 Å². The van der Waals surface area contributed by atoms with Crippen LogP contribution in [0.4, 0.5) is 5.82 Å². The molecule has 94 valence electrons. The second kappa shape index (κ2) is 6.58. The lowest BCUT2D eigenvalue weighted by molar-refractivity contribution is 0.354. The Morgan fingerprint density at radius 1 is 1.18 bits per heavy atom. The molecule has 1 aromatic heterocycles. The summed E-state index contributed by atoms with van der Waals surface area (Å²) in [5.41, 5.74) is 1.16. The Morgan fingerprint density at radius 2 is 1.94 bits per heavy atom. The van der Waals surface area contributed by atoms with Gasteiger partial charge in [0.15, 0.2) is 0 Å². The lowest BCUT2D eigenvalue weighted by Crippen LogP contribution is -2.13. The molecule has 1 saturated carbocycles. The van der Waals surface area contributed by atoms with E-state index >= 15 is 0 Å². The molecule has 0 aliphatic heterocycles. The molecule has 0 radical (unpaired) electrons. The Bertz CT molecular complexity index is 332. The Balaban J connectivity index is 1.98. The minimum Gasteiger partial charge on any atom is -0.369 e. The van der Waals surface area contributed by atoms with E-state index in [9.17, 15) is 0 Å². The van der Waals surface area contributed by atoms with Crippen LogP contribution >= 0.6 is 0 Å². The second-order valence-electron chi connectivity index (χ2n) is 4.99. The van der Waals surface area contributed by atoms with Gasteiger partial charge in [-0.15, -0.1) is 0 Å². The van der Waals surface area contributed by atoms with Crippen LogP contribution < -0.4 is 5.32 Å². The van der Waals surface area contributed by atoms with E-state index in [1.54, 1.807) is 6.20 Å². The van der Waals surface area contributed by atoms with Gasteiger partial charge in [0.25, 0.3) is 0 Å². The van der Waals surface area contributed by atoms with Gasteiger partial charge in [-0.05, 0) is 18.8 Å². The van der Waals surface area contributed by atoms with Crippen LogP contribution in [0.3, 0.4) is 0 Å². The molecule has 1 aromatic rings. The molecule has 1 heterocycles. The summed E-state index contributed by atoms with van der Waals surface area (Å²) in [6, 6.07) is 0. The van der Waals surface area contributed by atoms with Gasteiger partial charge in [-0.25, -0.2) is 4.98 Å². The summed E-state index contributed by atoms with van der Waals surface area (Å²) in [5, 5.41) is 3.38. The fourth-order valence-electron chi connectivity index (χ4n) is 2.57. The molecule has 0 bridgehead atoms. The Hall–Kier alpha value is -1.12. The second-order valence-corrected chi connectivity index (χ2v) is 4.99. The van der Waals surface area contributed by atoms with Crippen molar-refractivity contribution in [1.82, 2.24) is 9.97 Å². The number of hydrogen-bond donors (Lipinski definition) is 1. The van der Waals surface area contributed by atoms with Gasteiger partial charge < -0.3 is 5.32 Å². The zero-order valence-corrected chi connectivity index (χ0v) is 10.8. The molecule has 1 fully saturated rings. The SMILES string of the molecule is CCCNc1nccnc1CC1CCCCC1. The third-order valence-electron chi connectivity index (χ3n) is 3.52. The summed E-state index contributed by atoms with van der Waals surface area (Å²) in [6.45, 7) is 3.15. The first-order valence-electron chi connectivity index (χ1n) is 6.94. The van der Waals surface area contributed by atoms with E-state index in [0.29, 0.717) is 0 Å². The number of nitrogens with zero attached hydrogens (tertiary/aromatic N) is 2. The van der Waals surface area contributed by atoms with Gasteiger partial charge in [-0.1, -0.05) is 39.0 Å². The van der Waals surface area contributed by atoms with E-state index in [4.69, 9.17) is 0 Å². The summed E-state index contributed by atoms with van der Waals surface area (Å²) in [7, 11) is 0. The van der Waals surface area contributed by atoms with Gasteiger partial charge >= 0.3 is 0 Å². The normalized spacial score (nSPS) is 17.0. The van der Waals surface area contributed by atoms with Crippen molar-refractivity contribution in [3.05, 3.63) is 18.1 Å². The van der Waals surface area contributed by atoms with Crippen molar-refractivity contribution in [3.63, 3.8) is 0 Å². The molecule has 0 aromatic carbocycles. The van der Waals surface area contributed by atoms with Gasteiger partial charge in [-0.3, -0.25) is 4.98 Å². The van der Waals surface area contributed by atoms with Crippen molar-refractivity contribution in [2.24, 2.45) is 5.92 Å². The van der Waals surface area contributed by atoms with Crippen LogP contribution in [0.25, 0.3) is 0 Å². The average Bonchev–Trinajstić information content (AvgIpc) is 2.39. The monoisotopic (exact) mass is 233 g/mol. The topological polar surface area (TPSA) is 37.8 Å². The van der Waals surface area contributed by atoms with Crippen molar-refractivity contribution in [2.45, 2.75) is 51.9 Å². The zero-order valence-electron chi connectivity index (χ0n) is 10.8. The average molecular weight is 233 g/mol. The third kappa shape index (κ3) is 3.69. The molecule has 0 unspecified atom stereocenters. The first-order chi connectivity index (χ1) is 8.40. The van der Waals surface area contributed by atoms with Crippen LogP contribution in [0, 0.1) is 5.92 Å². The molecule has 3 heteroatoms. The van der Waals surface area contributed by atoms with Crippen LogP contribution in [-0.2, 0) is 6.42 Å². The molecule has 2 rings (SSSR count). The van der Waals surface area contributed by atoms with E-state index in [1.165, 1.54) is 32.1 Å². The molecule has 1 aliphatic rings. The summed E-state index contributed by atoms with van der Waals surface area (Å²) >= 11 is 0. The van der Waals surface area contributed by atoms with E-state index in [0.717, 1.165) is 36.8 Å². The van der Waals surface area contributed by atoms with E-state index in [1.807, 2.05) is 6.20 Å². The molecular formula is C14H23N3. The Labute approximate surface area is 104 Å². The van der Waals surface area contributed by atoms with Crippen molar-refractivity contribution >= 4 is 5.82 Å². The van der Waals surface area contributed by atoms with E-state index in [-0.39, 0.29) is 0 Å². The molecule has 3 nitrogen and oxygen atoms in total. The largest absolute Gasteiger partial charge is 0.369 e. The molecule has 0 amide bonds. The highest BCUT2D eigenvalue weighted by Gasteiger charge is 2.16. The van der Waals surface area contributed by atoms with Gasteiger partial charge in [0.1, 0.15) is 5.82 Å². The van der Waals surface area contributed by atoms with Crippen LogP contribution in [-0.4, -0.2) is 16.5 Å². The lowest BCUT2D eigenvalue weighted by atomic mass is 9.86. The summed E-state index contributed by atoms with van der Waals surface area (Å²) in [4.78, 5) is 8.91. The van der Waals surface area contributed by atoms with Crippen molar-refractivity contribution in [1.29, 1.82) is 0 Å². The first kappa shape index (κ1) is 12.3. The van der Waals surface area contributed by atoms with Gasteiger partial charge in [0, 0.05) is 18.9 Å². The fourth-order valence-corrected chi connectivity index (χ4v) is 2.57. The number of hydrogen-bond acceptors (Lipinski definition) is 3. The van der Waals surface area contributed by atoms with Gasteiger partial charge in [0.2, 0.25) is 0 Å². The number of anilines is 1. The minimum atomic E-state index is 0.822. The molecule has 0 atom stereocenters. The highest BCUT2D eigenvalue weighted by molar-refractivity contribution is 5.39. The summed E-state index contributed by atoms with van der Waals surface area (Å²) in [5.74, 6) is 1.82. The fraction of sp³-hybridized carbons (Fsp3) is 0.714. The number of nitrogens with one attached hydrogen (secondary N) is 1. The van der Waals surface area contributed by atoms with E-state index in [2.05, 4.69) is 22.2 Å². The minimum absolute atomic E-state index is 0.822. The van der Waals surface area contributed by atoms with Crippen molar-refractivity contribution in [2.75, 3.05) is 11.9 Å². The zero-order chi connectivity index (χ0) is 11.9.